The molecule has 3 aromatic rings. The summed E-state index contributed by atoms with van der Waals surface area (Å²) in [5.74, 6) is 0.111. The second kappa shape index (κ2) is 9.11. The van der Waals surface area contributed by atoms with Crippen molar-refractivity contribution < 1.29 is 13.2 Å². The molecule has 30 heavy (non-hydrogen) atoms. The SMILES string of the molecule is CCc1ccc(Cn2nccc2NC(=O)c2ccc(Br)c(S(=O)(=O)N(C)C)c2)cc1. The highest BCUT2D eigenvalue weighted by Gasteiger charge is 2.22. The maximum Gasteiger partial charge on any atom is 0.256 e. The van der Waals surface area contributed by atoms with Crippen LogP contribution in [-0.2, 0) is 23.0 Å². The van der Waals surface area contributed by atoms with Gasteiger partial charge in [0.05, 0.1) is 17.6 Å². The maximum atomic E-state index is 12.8. The predicted molar refractivity (Wildman–Crippen MR) is 120 cm³/mol. The molecule has 0 saturated carbocycles. The van der Waals surface area contributed by atoms with Crippen molar-refractivity contribution in [3.8, 4) is 0 Å². The molecule has 9 heteroatoms. The molecular formula is C21H23BrN4O3S. The molecule has 0 fully saturated rings. The molecular weight excluding hydrogens is 468 g/mol. The number of anilines is 1. The van der Waals surface area contributed by atoms with Gasteiger partial charge in [-0.1, -0.05) is 31.2 Å². The molecule has 0 radical (unpaired) electrons. The van der Waals surface area contributed by atoms with Crippen LogP contribution in [0, 0.1) is 0 Å². The average Bonchev–Trinajstić information content (AvgIpc) is 3.15. The van der Waals surface area contributed by atoms with Crippen LogP contribution in [0.3, 0.4) is 0 Å². The first-order valence-electron chi connectivity index (χ1n) is 9.35. The highest BCUT2D eigenvalue weighted by atomic mass is 79.9. The van der Waals surface area contributed by atoms with Crippen LogP contribution in [0.1, 0.15) is 28.4 Å². The summed E-state index contributed by atoms with van der Waals surface area (Å²) in [5.41, 5.74) is 2.56. The van der Waals surface area contributed by atoms with Gasteiger partial charge in [-0.25, -0.2) is 17.4 Å². The zero-order valence-electron chi connectivity index (χ0n) is 17.0. The first kappa shape index (κ1) is 22.2. The Bertz CT molecular complexity index is 1160. The number of hydrogen-bond donors (Lipinski definition) is 1. The van der Waals surface area contributed by atoms with Crippen LogP contribution in [0.15, 0.2) is 64.1 Å². The minimum absolute atomic E-state index is 0.0321. The van der Waals surface area contributed by atoms with Crippen molar-refractivity contribution in [2.24, 2.45) is 0 Å². The van der Waals surface area contributed by atoms with Gasteiger partial charge in [0.25, 0.3) is 5.91 Å². The number of aryl methyl sites for hydroxylation is 1. The van der Waals surface area contributed by atoms with Crippen LogP contribution in [0.2, 0.25) is 0 Å². The smallest absolute Gasteiger partial charge is 0.256 e. The maximum absolute atomic E-state index is 12.8. The number of halogens is 1. The summed E-state index contributed by atoms with van der Waals surface area (Å²) in [6.07, 6.45) is 2.58. The number of nitrogens with one attached hydrogen (secondary N) is 1. The van der Waals surface area contributed by atoms with Gasteiger partial charge in [-0.3, -0.25) is 4.79 Å². The standard InChI is InChI=1S/C21H23BrN4O3S/c1-4-15-5-7-16(8-6-15)14-26-20(11-12-23-26)24-21(27)17-9-10-18(22)19(13-17)30(28,29)25(2)3/h5-13H,4,14H2,1-3H3,(H,24,27). The number of aromatic nitrogens is 2. The van der Waals surface area contributed by atoms with Gasteiger partial charge < -0.3 is 5.32 Å². The van der Waals surface area contributed by atoms with Crippen LogP contribution in [0.4, 0.5) is 5.82 Å². The van der Waals surface area contributed by atoms with E-state index >= 15 is 0 Å². The van der Waals surface area contributed by atoms with Gasteiger partial charge in [0.2, 0.25) is 10.0 Å². The van der Waals surface area contributed by atoms with Crippen LogP contribution >= 0.6 is 15.9 Å². The first-order chi connectivity index (χ1) is 14.2. The Labute approximate surface area is 184 Å². The largest absolute Gasteiger partial charge is 0.307 e. The Morgan fingerprint density at radius 3 is 2.40 bits per heavy atom. The quantitative estimate of drug-likeness (QED) is 0.546. The fourth-order valence-electron chi connectivity index (χ4n) is 2.85. The predicted octanol–water partition coefficient (Wildman–Crippen LogP) is 3.76. The Balaban J connectivity index is 1.81. The van der Waals surface area contributed by atoms with Gasteiger partial charge in [-0.05, 0) is 51.7 Å². The zero-order valence-corrected chi connectivity index (χ0v) is 19.4. The molecule has 0 saturated heterocycles. The molecule has 0 unspecified atom stereocenters. The number of hydrogen-bond acceptors (Lipinski definition) is 4. The Hall–Kier alpha value is -2.49. The Kier molecular flexibility index (Phi) is 6.74. The fourth-order valence-corrected chi connectivity index (χ4v) is 4.69. The number of nitrogens with zero attached hydrogens (tertiary/aromatic N) is 3. The second-order valence-electron chi connectivity index (χ2n) is 6.93. The van der Waals surface area contributed by atoms with E-state index in [1.54, 1.807) is 29.1 Å². The van der Waals surface area contributed by atoms with Crippen LogP contribution in [0.25, 0.3) is 0 Å². The van der Waals surface area contributed by atoms with Gasteiger partial charge in [0, 0.05) is 30.2 Å². The number of amides is 1. The highest BCUT2D eigenvalue weighted by molar-refractivity contribution is 9.10. The number of benzene rings is 2. The minimum atomic E-state index is -3.69. The molecule has 0 aliphatic carbocycles. The average molecular weight is 491 g/mol. The van der Waals surface area contributed by atoms with Crippen molar-refractivity contribution in [1.29, 1.82) is 0 Å². The van der Waals surface area contributed by atoms with Crippen LogP contribution in [0.5, 0.6) is 0 Å². The molecule has 0 atom stereocenters. The summed E-state index contributed by atoms with van der Waals surface area (Å²) in [6, 6.07) is 14.4. The lowest BCUT2D eigenvalue weighted by Gasteiger charge is -2.14. The Morgan fingerprint density at radius 2 is 1.77 bits per heavy atom. The zero-order chi connectivity index (χ0) is 21.9. The summed E-state index contributed by atoms with van der Waals surface area (Å²) >= 11 is 3.25. The number of rotatable bonds is 7. The van der Waals surface area contributed by atoms with E-state index in [0.29, 0.717) is 16.8 Å². The van der Waals surface area contributed by atoms with Gasteiger partial charge >= 0.3 is 0 Å². The third-order valence-corrected chi connectivity index (χ3v) is 7.48. The van der Waals surface area contributed by atoms with Crippen molar-refractivity contribution >= 4 is 37.7 Å². The van der Waals surface area contributed by atoms with Crippen molar-refractivity contribution in [2.75, 3.05) is 19.4 Å². The molecule has 3 rings (SSSR count). The molecule has 0 aliphatic heterocycles. The van der Waals surface area contributed by atoms with Crippen molar-refractivity contribution in [2.45, 2.75) is 24.8 Å². The molecule has 0 aliphatic rings. The number of carbonyl (C=O) groups is 1. The minimum Gasteiger partial charge on any atom is -0.307 e. The lowest BCUT2D eigenvalue weighted by Crippen LogP contribution is -2.23. The molecule has 7 nitrogen and oxygen atoms in total. The molecule has 1 amide bonds. The molecule has 1 N–H and O–H groups in total. The van der Waals surface area contributed by atoms with E-state index in [-0.39, 0.29) is 10.5 Å². The fraction of sp³-hybridized carbons (Fsp3) is 0.238. The highest BCUT2D eigenvalue weighted by Crippen LogP contribution is 2.25. The van der Waals surface area contributed by atoms with E-state index in [1.165, 1.54) is 25.7 Å². The van der Waals surface area contributed by atoms with E-state index in [1.807, 2.05) is 12.1 Å². The van der Waals surface area contributed by atoms with E-state index in [4.69, 9.17) is 0 Å². The number of carbonyl (C=O) groups excluding carboxylic acids is 1. The molecule has 1 aromatic heterocycles. The topological polar surface area (TPSA) is 84.3 Å². The summed E-state index contributed by atoms with van der Waals surface area (Å²) in [5, 5.41) is 7.10. The lowest BCUT2D eigenvalue weighted by atomic mass is 10.1. The molecule has 0 bridgehead atoms. The van der Waals surface area contributed by atoms with Crippen molar-refractivity contribution in [3.63, 3.8) is 0 Å². The van der Waals surface area contributed by atoms with Gasteiger partial charge in [0.15, 0.2) is 0 Å². The third kappa shape index (κ3) is 4.80. The van der Waals surface area contributed by atoms with E-state index in [2.05, 4.69) is 45.4 Å². The summed E-state index contributed by atoms with van der Waals surface area (Å²) in [4.78, 5) is 12.8. The Morgan fingerprint density at radius 1 is 1.10 bits per heavy atom. The van der Waals surface area contributed by atoms with Crippen LogP contribution < -0.4 is 5.32 Å². The van der Waals surface area contributed by atoms with Gasteiger partial charge in [-0.2, -0.15) is 5.10 Å². The lowest BCUT2D eigenvalue weighted by molar-refractivity contribution is 0.102. The van der Waals surface area contributed by atoms with Crippen molar-refractivity contribution in [1.82, 2.24) is 14.1 Å². The molecule has 1 heterocycles. The molecule has 2 aromatic carbocycles. The molecule has 158 valence electrons. The van der Waals surface area contributed by atoms with Gasteiger partial charge in [-0.15, -0.1) is 0 Å². The van der Waals surface area contributed by atoms with Crippen LogP contribution in [-0.4, -0.2) is 42.5 Å². The second-order valence-corrected chi connectivity index (χ2v) is 9.91. The summed E-state index contributed by atoms with van der Waals surface area (Å²) < 4.78 is 28.2. The van der Waals surface area contributed by atoms with Gasteiger partial charge in [0.1, 0.15) is 5.82 Å². The monoisotopic (exact) mass is 490 g/mol. The normalized spacial score (nSPS) is 11.6. The third-order valence-electron chi connectivity index (χ3n) is 4.67. The molecule has 0 spiro atoms. The first-order valence-corrected chi connectivity index (χ1v) is 11.6. The van der Waals surface area contributed by atoms with E-state index < -0.39 is 15.9 Å². The van der Waals surface area contributed by atoms with E-state index in [9.17, 15) is 13.2 Å². The summed E-state index contributed by atoms with van der Waals surface area (Å²) in [7, 11) is -0.802. The van der Waals surface area contributed by atoms with Crippen molar-refractivity contribution in [3.05, 3.63) is 75.9 Å². The summed E-state index contributed by atoms with van der Waals surface area (Å²) in [6.45, 7) is 2.61. The number of sulfonamides is 1. The van der Waals surface area contributed by atoms with E-state index in [0.717, 1.165) is 16.3 Å².